The Morgan fingerprint density at radius 3 is 2.84 bits per heavy atom. The third-order valence-electron chi connectivity index (χ3n) is 3.81. The van der Waals surface area contributed by atoms with Gasteiger partial charge in [-0.2, -0.15) is 0 Å². The maximum atomic E-state index is 12.0. The zero-order chi connectivity index (χ0) is 13.7. The van der Waals surface area contributed by atoms with E-state index >= 15 is 0 Å². The number of likely N-dealkylation sites (N-methyl/N-ethyl adjacent to an activating group) is 1. The molecule has 4 heteroatoms. The van der Waals surface area contributed by atoms with Crippen LogP contribution < -0.4 is 10.6 Å². The van der Waals surface area contributed by atoms with Crippen molar-refractivity contribution in [2.24, 2.45) is 0 Å². The Kier molecular flexibility index (Phi) is 4.93. The first kappa shape index (κ1) is 14.0. The highest BCUT2D eigenvalue weighted by Crippen LogP contribution is 2.26. The summed E-state index contributed by atoms with van der Waals surface area (Å²) in [4.78, 5) is 14.4. The molecule has 0 bridgehead atoms. The summed E-state index contributed by atoms with van der Waals surface area (Å²) in [6, 6.07) is 10.7. The van der Waals surface area contributed by atoms with Gasteiger partial charge in [-0.3, -0.25) is 9.69 Å². The van der Waals surface area contributed by atoms with Gasteiger partial charge in [-0.25, -0.2) is 0 Å². The number of piperazine rings is 1. The number of carbonyl (C=O) groups is 1. The van der Waals surface area contributed by atoms with Crippen LogP contribution in [0.2, 0.25) is 0 Å². The normalized spacial score (nSPS) is 21.9. The lowest BCUT2D eigenvalue weighted by molar-refractivity contribution is -0.127. The molecule has 1 fully saturated rings. The van der Waals surface area contributed by atoms with E-state index in [9.17, 15) is 4.79 Å². The molecule has 1 saturated heterocycles. The zero-order valence-electron chi connectivity index (χ0n) is 11.7. The first-order valence-electron chi connectivity index (χ1n) is 7.01. The van der Waals surface area contributed by atoms with Gasteiger partial charge in [-0.1, -0.05) is 37.3 Å². The average molecular weight is 261 g/mol. The number of benzene rings is 1. The van der Waals surface area contributed by atoms with Gasteiger partial charge in [-0.15, -0.1) is 0 Å². The maximum absolute atomic E-state index is 12.0. The number of carbonyl (C=O) groups excluding carboxylic acids is 1. The van der Waals surface area contributed by atoms with Gasteiger partial charge in [0.15, 0.2) is 0 Å². The minimum atomic E-state index is -0.0797. The molecule has 2 atom stereocenters. The second kappa shape index (κ2) is 6.68. The van der Waals surface area contributed by atoms with Crippen molar-refractivity contribution in [2.75, 3.05) is 26.7 Å². The average Bonchev–Trinajstić information content (AvgIpc) is 2.49. The van der Waals surface area contributed by atoms with Crippen molar-refractivity contribution in [2.45, 2.75) is 25.4 Å². The van der Waals surface area contributed by atoms with Crippen LogP contribution in [0.25, 0.3) is 0 Å². The molecule has 4 nitrogen and oxygen atoms in total. The Hall–Kier alpha value is -1.39. The van der Waals surface area contributed by atoms with E-state index in [0.29, 0.717) is 6.04 Å². The van der Waals surface area contributed by atoms with E-state index in [1.807, 2.05) is 6.07 Å². The van der Waals surface area contributed by atoms with E-state index in [4.69, 9.17) is 0 Å². The van der Waals surface area contributed by atoms with Crippen LogP contribution in [0.15, 0.2) is 30.3 Å². The summed E-state index contributed by atoms with van der Waals surface area (Å²) in [5.41, 5.74) is 1.29. The second-order valence-corrected chi connectivity index (χ2v) is 4.91. The summed E-state index contributed by atoms with van der Waals surface area (Å²) in [7, 11) is 1.71. The molecule has 1 aliphatic heterocycles. The number of hydrogen-bond acceptors (Lipinski definition) is 3. The number of nitrogens with zero attached hydrogens (tertiary/aromatic N) is 1. The lowest BCUT2D eigenvalue weighted by Gasteiger charge is -2.40. The third kappa shape index (κ3) is 3.14. The standard InChI is InChI=1S/C15H23N3O/c1-3-13(12-7-5-4-6-8-12)18-10-9-17-11-14(18)15(19)16-2/h4-8,13-14,17H,3,9-11H2,1-2H3,(H,16,19). The monoisotopic (exact) mass is 261 g/mol. The minimum Gasteiger partial charge on any atom is -0.358 e. The van der Waals surface area contributed by atoms with E-state index in [-0.39, 0.29) is 11.9 Å². The molecule has 104 valence electrons. The molecule has 1 aromatic carbocycles. The lowest BCUT2D eigenvalue weighted by atomic mass is 9.99. The van der Waals surface area contributed by atoms with E-state index < -0.39 is 0 Å². The van der Waals surface area contributed by atoms with Gasteiger partial charge in [0.25, 0.3) is 0 Å². The first-order chi connectivity index (χ1) is 9.27. The van der Waals surface area contributed by atoms with Crippen LogP contribution in [0, 0.1) is 0 Å². The fourth-order valence-electron chi connectivity index (χ4n) is 2.84. The van der Waals surface area contributed by atoms with E-state index in [1.54, 1.807) is 7.05 Å². The molecule has 1 aromatic rings. The SMILES string of the molecule is CCC(c1ccccc1)N1CCNCC1C(=O)NC. The maximum Gasteiger partial charge on any atom is 0.238 e. The van der Waals surface area contributed by atoms with Gasteiger partial charge < -0.3 is 10.6 Å². The van der Waals surface area contributed by atoms with Gasteiger partial charge in [0, 0.05) is 32.7 Å². The summed E-state index contributed by atoms with van der Waals surface area (Å²) >= 11 is 0. The lowest BCUT2D eigenvalue weighted by Crippen LogP contribution is -2.58. The Morgan fingerprint density at radius 1 is 1.47 bits per heavy atom. The van der Waals surface area contributed by atoms with Crippen LogP contribution in [0.3, 0.4) is 0 Å². The summed E-state index contributed by atoms with van der Waals surface area (Å²) in [5.74, 6) is 0.0987. The molecule has 0 radical (unpaired) electrons. The van der Waals surface area contributed by atoms with Gasteiger partial charge in [0.1, 0.15) is 6.04 Å². The van der Waals surface area contributed by atoms with Crippen LogP contribution >= 0.6 is 0 Å². The Balaban J connectivity index is 2.22. The molecule has 2 N–H and O–H groups in total. The largest absolute Gasteiger partial charge is 0.358 e. The van der Waals surface area contributed by atoms with Crippen molar-refractivity contribution in [3.63, 3.8) is 0 Å². The Bertz CT molecular complexity index is 407. The molecule has 0 spiro atoms. The fourth-order valence-corrected chi connectivity index (χ4v) is 2.84. The zero-order valence-corrected chi connectivity index (χ0v) is 11.7. The molecule has 0 aliphatic carbocycles. The van der Waals surface area contributed by atoms with E-state index in [1.165, 1.54) is 5.56 Å². The Morgan fingerprint density at radius 2 is 2.21 bits per heavy atom. The smallest absolute Gasteiger partial charge is 0.238 e. The second-order valence-electron chi connectivity index (χ2n) is 4.91. The summed E-state index contributed by atoms with van der Waals surface area (Å²) in [6.45, 7) is 4.76. The van der Waals surface area contributed by atoms with Crippen molar-refractivity contribution in [1.82, 2.24) is 15.5 Å². The predicted octanol–water partition coefficient (Wildman–Crippen LogP) is 1.16. The molecule has 2 rings (SSSR count). The van der Waals surface area contributed by atoms with Crippen molar-refractivity contribution >= 4 is 5.91 Å². The topological polar surface area (TPSA) is 44.4 Å². The van der Waals surface area contributed by atoms with Crippen molar-refractivity contribution < 1.29 is 4.79 Å². The molecular weight excluding hydrogens is 238 g/mol. The van der Waals surface area contributed by atoms with Crippen LogP contribution in [0.4, 0.5) is 0 Å². The van der Waals surface area contributed by atoms with Gasteiger partial charge in [0.2, 0.25) is 5.91 Å². The van der Waals surface area contributed by atoms with Crippen molar-refractivity contribution in [3.05, 3.63) is 35.9 Å². The molecule has 0 saturated carbocycles. The summed E-state index contributed by atoms with van der Waals surface area (Å²) < 4.78 is 0. The molecule has 1 heterocycles. The molecule has 0 aromatic heterocycles. The van der Waals surface area contributed by atoms with Crippen molar-refractivity contribution in [3.8, 4) is 0 Å². The van der Waals surface area contributed by atoms with E-state index in [2.05, 4.69) is 46.7 Å². The first-order valence-corrected chi connectivity index (χ1v) is 7.01. The van der Waals surface area contributed by atoms with Crippen LogP contribution in [-0.4, -0.2) is 43.5 Å². The minimum absolute atomic E-state index is 0.0797. The third-order valence-corrected chi connectivity index (χ3v) is 3.81. The number of hydrogen-bond donors (Lipinski definition) is 2. The number of amides is 1. The highest BCUT2D eigenvalue weighted by atomic mass is 16.2. The molecule has 19 heavy (non-hydrogen) atoms. The van der Waals surface area contributed by atoms with Crippen LogP contribution in [-0.2, 0) is 4.79 Å². The molecular formula is C15H23N3O. The molecule has 2 unspecified atom stereocenters. The van der Waals surface area contributed by atoms with Crippen LogP contribution in [0.5, 0.6) is 0 Å². The summed E-state index contributed by atoms with van der Waals surface area (Å²) in [6.07, 6.45) is 1.01. The van der Waals surface area contributed by atoms with Crippen LogP contribution in [0.1, 0.15) is 24.9 Å². The van der Waals surface area contributed by atoms with E-state index in [0.717, 1.165) is 26.1 Å². The van der Waals surface area contributed by atoms with Gasteiger partial charge in [0.05, 0.1) is 0 Å². The molecule has 1 aliphatic rings. The Labute approximate surface area is 115 Å². The molecule has 1 amide bonds. The van der Waals surface area contributed by atoms with Gasteiger partial charge in [-0.05, 0) is 12.0 Å². The summed E-state index contributed by atoms with van der Waals surface area (Å²) in [5, 5.41) is 6.08. The number of rotatable bonds is 4. The predicted molar refractivity (Wildman–Crippen MR) is 76.9 cm³/mol. The number of nitrogens with one attached hydrogen (secondary N) is 2. The van der Waals surface area contributed by atoms with Crippen molar-refractivity contribution in [1.29, 1.82) is 0 Å². The highest BCUT2D eigenvalue weighted by molar-refractivity contribution is 5.81. The van der Waals surface area contributed by atoms with Gasteiger partial charge >= 0.3 is 0 Å². The fraction of sp³-hybridized carbons (Fsp3) is 0.533. The quantitative estimate of drug-likeness (QED) is 0.855. The highest BCUT2D eigenvalue weighted by Gasteiger charge is 2.32.